The molecule has 1 amide bonds. The molecule has 3 N–H and O–H groups in total. The zero-order valence-electron chi connectivity index (χ0n) is 13.1. The molecule has 2 aromatic carbocycles. The maximum absolute atomic E-state index is 13.2. The van der Waals surface area contributed by atoms with Gasteiger partial charge in [0.15, 0.2) is 23.6 Å². The van der Waals surface area contributed by atoms with Gasteiger partial charge in [0.05, 0.1) is 5.69 Å². The summed E-state index contributed by atoms with van der Waals surface area (Å²) in [5, 5.41) is 4.36. The maximum Gasteiger partial charge on any atom is 0.272 e. The fraction of sp³-hybridized carbons (Fsp3) is 0.133. The average Bonchev–Trinajstić information content (AvgIpc) is 2.58. The van der Waals surface area contributed by atoms with E-state index in [0.717, 1.165) is 18.2 Å². The highest BCUT2D eigenvalue weighted by molar-refractivity contribution is 7.89. The summed E-state index contributed by atoms with van der Waals surface area (Å²) in [4.78, 5) is 11.7. The number of rotatable bonds is 3. The van der Waals surface area contributed by atoms with E-state index in [2.05, 4.69) is 10.6 Å². The smallest absolute Gasteiger partial charge is 0.272 e. The molecule has 1 aliphatic rings. The molecular formula is C15H10F5N3O3S. The van der Waals surface area contributed by atoms with Crippen LogP contribution in [0.4, 0.5) is 33.3 Å². The number of amides is 1. The number of nitrogens with one attached hydrogen (secondary N) is 3. The number of benzene rings is 2. The lowest BCUT2D eigenvalue weighted by molar-refractivity contribution is 0.102. The zero-order valence-corrected chi connectivity index (χ0v) is 13.9. The summed E-state index contributed by atoms with van der Waals surface area (Å²) in [7, 11) is -4.33. The molecule has 0 radical (unpaired) electrons. The molecule has 6 nitrogen and oxygen atoms in total. The van der Waals surface area contributed by atoms with Crippen LogP contribution in [0.5, 0.6) is 0 Å². The standard InChI is InChI=1S/C15H10F5N3O3S/c16-8-4-7(5-9(17)12(8)18)21-15(24)6-1-2-10-11(3-6)27(25,26)23-14(22-10)13(19)20/h1-5,13-14,22-23H,(H,21,24). The summed E-state index contributed by atoms with van der Waals surface area (Å²) in [6.07, 6.45) is -4.84. The predicted molar refractivity (Wildman–Crippen MR) is 84.4 cm³/mol. The SMILES string of the molecule is O=C(Nc1cc(F)c(F)c(F)c1)c1ccc2c(c1)S(=O)(=O)NC(C(F)F)N2. The molecule has 0 saturated carbocycles. The third kappa shape index (κ3) is 3.71. The molecule has 0 spiro atoms. The van der Waals surface area contributed by atoms with Crippen molar-refractivity contribution in [1.82, 2.24) is 4.72 Å². The summed E-state index contributed by atoms with van der Waals surface area (Å²) in [6.45, 7) is 0. The van der Waals surface area contributed by atoms with Gasteiger partial charge in [0.25, 0.3) is 12.3 Å². The Labute approximate surface area is 149 Å². The molecule has 0 bridgehead atoms. The van der Waals surface area contributed by atoms with Crippen LogP contribution in [-0.2, 0) is 10.0 Å². The summed E-state index contributed by atoms with van der Waals surface area (Å²) in [5.41, 5.74) is -0.776. The lowest BCUT2D eigenvalue weighted by atomic mass is 10.1. The molecule has 27 heavy (non-hydrogen) atoms. The van der Waals surface area contributed by atoms with Gasteiger partial charge in [0.1, 0.15) is 4.90 Å². The first kappa shape index (κ1) is 19.0. The van der Waals surface area contributed by atoms with Gasteiger partial charge in [0.2, 0.25) is 10.0 Å². The molecule has 3 rings (SSSR count). The van der Waals surface area contributed by atoms with E-state index in [1.807, 2.05) is 0 Å². The predicted octanol–water partition coefficient (Wildman–Crippen LogP) is 2.65. The quantitative estimate of drug-likeness (QED) is 0.539. The van der Waals surface area contributed by atoms with Crippen molar-refractivity contribution in [2.24, 2.45) is 0 Å². The molecule has 12 heteroatoms. The molecular weight excluding hydrogens is 397 g/mol. The van der Waals surface area contributed by atoms with Crippen molar-refractivity contribution in [2.75, 3.05) is 10.6 Å². The first-order valence-corrected chi connectivity index (χ1v) is 8.74. The van der Waals surface area contributed by atoms with Crippen molar-refractivity contribution < 1.29 is 35.2 Å². The van der Waals surface area contributed by atoms with Gasteiger partial charge in [-0.05, 0) is 18.2 Å². The van der Waals surface area contributed by atoms with Crippen LogP contribution in [0.3, 0.4) is 0 Å². The topological polar surface area (TPSA) is 87.3 Å². The number of hydrogen-bond acceptors (Lipinski definition) is 4. The third-order valence-corrected chi connectivity index (χ3v) is 5.10. The second-order valence-corrected chi connectivity index (χ2v) is 7.18. The normalized spacial score (nSPS) is 17.9. The van der Waals surface area contributed by atoms with Crippen LogP contribution in [0.25, 0.3) is 0 Å². The average molecular weight is 407 g/mol. The Hall–Kier alpha value is -2.73. The highest BCUT2D eigenvalue weighted by Crippen LogP contribution is 2.29. The second-order valence-electron chi connectivity index (χ2n) is 5.50. The van der Waals surface area contributed by atoms with Crippen LogP contribution in [-0.4, -0.2) is 26.9 Å². The van der Waals surface area contributed by atoms with E-state index in [1.165, 1.54) is 0 Å². The first-order chi connectivity index (χ1) is 12.6. The van der Waals surface area contributed by atoms with E-state index < -0.39 is 56.6 Å². The van der Waals surface area contributed by atoms with Crippen LogP contribution in [0.15, 0.2) is 35.2 Å². The Morgan fingerprint density at radius 2 is 1.70 bits per heavy atom. The van der Waals surface area contributed by atoms with Crippen molar-refractivity contribution in [2.45, 2.75) is 17.5 Å². The Balaban J connectivity index is 1.90. The zero-order chi connectivity index (χ0) is 19.9. The highest BCUT2D eigenvalue weighted by atomic mass is 32.2. The van der Waals surface area contributed by atoms with Crippen LogP contribution < -0.4 is 15.4 Å². The number of halogens is 5. The minimum atomic E-state index is -4.33. The summed E-state index contributed by atoms with van der Waals surface area (Å²) >= 11 is 0. The molecule has 0 aliphatic carbocycles. The van der Waals surface area contributed by atoms with E-state index >= 15 is 0 Å². The molecule has 1 unspecified atom stereocenters. The molecule has 0 aromatic heterocycles. The van der Waals surface area contributed by atoms with E-state index in [0.29, 0.717) is 12.1 Å². The van der Waals surface area contributed by atoms with Crippen LogP contribution in [0.1, 0.15) is 10.4 Å². The minimum absolute atomic E-state index is 0.144. The molecule has 1 heterocycles. The van der Waals surface area contributed by atoms with Gasteiger partial charge in [-0.1, -0.05) is 0 Å². The number of carbonyl (C=O) groups is 1. The van der Waals surface area contributed by atoms with E-state index in [-0.39, 0.29) is 11.3 Å². The molecule has 0 saturated heterocycles. The van der Waals surface area contributed by atoms with Crippen molar-refractivity contribution >= 4 is 27.3 Å². The van der Waals surface area contributed by atoms with Crippen molar-refractivity contribution in [3.05, 3.63) is 53.3 Å². The second kappa shape index (κ2) is 6.78. The third-order valence-electron chi connectivity index (χ3n) is 3.62. The number of alkyl halides is 2. The molecule has 1 atom stereocenters. The van der Waals surface area contributed by atoms with Crippen molar-refractivity contribution in [3.8, 4) is 0 Å². The number of carbonyl (C=O) groups excluding carboxylic acids is 1. The van der Waals surface area contributed by atoms with Gasteiger partial charge in [-0.15, -0.1) is 0 Å². The number of fused-ring (bicyclic) bond motifs is 1. The van der Waals surface area contributed by atoms with Crippen LogP contribution in [0.2, 0.25) is 0 Å². The summed E-state index contributed by atoms with van der Waals surface area (Å²) in [5.74, 6) is -5.71. The lowest BCUT2D eigenvalue weighted by Crippen LogP contribution is -2.49. The highest BCUT2D eigenvalue weighted by Gasteiger charge is 2.34. The fourth-order valence-corrected chi connectivity index (χ4v) is 3.70. The Morgan fingerprint density at radius 3 is 2.30 bits per heavy atom. The van der Waals surface area contributed by atoms with Crippen molar-refractivity contribution in [3.63, 3.8) is 0 Å². The number of hydrogen-bond donors (Lipinski definition) is 3. The number of anilines is 2. The van der Waals surface area contributed by atoms with Gasteiger partial charge in [0, 0.05) is 23.4 Å². The van der Waals surface area contributed by atoms with Gasteiger partial charge in [-0.25, -0.2) is 30.4 Å². The summed E-state index contributed by atoms with van der Waals surface area (Å²) < 4.78 is 90.8. The van der Waals surface area contributed by atoms with Gasteiger partial charge in [-0.2, -0.15) is 4.72 Å². The minimum Gasteiger partial charge on any atom is -0.363 e. The largest absolute Gasteiger partial charge is 0.363 e. The maximum atomic E-state index is 13.2. The van der Waals surface area contributed by atoms with Gasteiger partial charge < -0.3 is 10.6 Å². The van der Waals surface area contributed by atoms with E-state index in [9.17, 15) is 35.2 Å². The first-order valence-electron chi connectivity index (χ1n) is 7.25. The van der Waals surface area contributed by atoms with E-state index in [4.69, 9.17) is 0 Å². The Morgan fingerprint density at radius 1 is 1.07 bits per heavy atom. The van der Waals surface area contributed by atoms with Gasteiger partial charge in [-0.3, -0.25) is 4.79 Å². The fourth-order valence-electron chi connectivity index (χ4n) is 2.38. The van der Waals surface area contributed by atoms with Gasteiger partial charge >= 0.3 is 0 Å². The molecule has 2 aromatic rings. The monoisotopic (exact) mass is 407 g/mol. The molecule has 144 valence electrons. The summed E-state index contributed by atoms with van der Waals surface area (Å²) in [6, 6.07) is 4.21. The number of sulfonamides is 1. The molecule has 0 fully saturated rings. The van der Waals surface area contributed by atoms with Crippen LogP contribution in [0, 0.1) is 17.5 Å². The van der Waals surface area contributed by atoms with Crippen LogP contribution >= 0.6 is 0 Å². The van der Waals surface area contributed by atoms with Crippen molar-refractivity contribution in [1.29, 1.82) is 0 Å². The van der Waals surface area contributed by atoms with E-state index in [1.54, 1.807) is 4.72 Å². The molecule has 1 aliphatic heterocycles. The lowest BCUT2D eigenvalue weighted by Gasteiger charge is -2.27. The Kier molecular flexibility index (Phi) is 4.78. The Bertz CT molecular complexity index is 1010.